The second-order valence-corrected chi connectivity index (χ2v) is 8.09. The van der Waals surface area contributed by atoms with Crippen LogP contribution in [-0.2, 0) is 21.2 Å². The number of ether oxygens (including phenoxy) is 1. The van der Waals surface area contributed by atoms with Gasteiger partial charge in [-0.1, -0.05) is 30.3 Å². The molecule has 1 atom stereocenters. The molecule has 0 aliphatic carbocycles. The molecule has 2 aromatic carbocycles. The van der Waals surface area contributed by atoms with Gasteiger partial charge < -0.3 is 9.84 Å². The summed E-state index contributed by atoms with van der Waals surface area (Å²) >= 11 is 0. The molecule has 2 aromatic rings. The SMILES string of the molecule is COC(=O)c1ccc(S(=O)(=O)NC[C@](C)(O)CCc2ccccc2)cc1. The summed E-state index contributed by atoms with van der Waals surface area (Å²) in [5, 5.41) is 10.4. The zero-order valence-electron chi connectivity index (χ0n) is 14.8. The van der Waals surface area contributed by atoms with Crippen molar-refractivity contribution in [1.82, 2.24) is 4.72 Å². The van der Waals surface area contributed by atoms with Gasteiger partial charge in [0.1, 0.15) is 0 Å². The smallest absolute Gasteiger partial charge is 0.337 e. The predicted molar refractivity (Wildman–Crippen MR) is 98.4 cm³/mol. The molecule has 0 spiro atoms. The van der Waals surface area contributed by atoms with E-state index in [1.807, 2.05) is 30.3 Å². The molecule has 0 amide bonds. The molecule has 0 aliphatic heterocycles. The molecule has 7 heteroatoms. The summed E-state index contributed by atoms with van der Waals surface area (Å²) in [7, 11) is -2.53. The van der Waals surface area contributed by atoms with E-state index >= 15 is 0 Å². The monoisotopic (exact) mass is 377 g/mol. The fourth-order valence-corrected chi connectivity index (χ4v) is 3.53. The molecule has 140 valence electrons. The lowest BCUT2D eigenvalue weighted by atomic mass is 9.97. The van der Waals surface area contributed by atoms with Crippen LogP contribution in [-0.4, -0.2) is 38.7 Å². The van der Waals surface area contributed by atoms with Crippen LogP contribution in [0.1, 0.15) is 29.3 Å². The molecule has 0 radical (unpaired) electrons. The maximum absolute atomic E-state index is 12.4. The van der Waals surface area contributed by atoms with E-state index in [4.69, 9.17) is 0 Å². The Bertz CT molecular complexity index is 830. The quantitative estimate of drug-likeness (QED) is 0.688. The van der Waals surface area contributed by atoms with Gasteiger partial charge in [-0.3, -0.25) is 0 Å². The van der Waals surface area contributed by atoms with Crippen LogP contribution in [0.15, 0.2) is 59.5 Å². The van der Waals surface area contributed by atoms with Crippen LogP contribution in [0, 0.1) is 0 Å². The van der Waals surface area contributed by atoms with Gasteiger partial charge >= 0.3 is 5.97 Å². The fourth-order valence-electron chi connectivity index (χ4n) is 2.37. The molecule has 0 fully saturated rings. The molecule has 0 aromatic heterocycles. The highest BCUT2D eigenvalue weighted by Crippen LogP contribution is 2.16. The van der Waals surface area contributed by atoms with Gasteiger partial charge in [0.25, 0.3) is 0 Å². The van der Waals surface area contributed by atoms with E-state index in [9.17, 15) is 18.3 Å². The minimum Gasteiger partial charge on any atom is -0.465 e. The normalized spacial score (nSPS) is 13.8. The highest BCUT2D eigenvalue weighted by molar-refractivity contribution is 7.89. The van der Waals surface area contributed by atoms with E-state index in [0.717, 1.165) is 5.56 Å². The number of benzene rings is 2. The fraction of sp³-hybridized carbons (Fsp3) is 0.316. The minimum absolute atomic E-state index is 0.0176. The van der Waals surface area contributed by atoms with Crippen LogP contribution in [0.3, 0.4) is 0 Å². The zero-order chi connectivity index (χ0) is 19.2. The van der Waals surface area contributed by atoms with E-state index in [1.54, 1.807) is 6.92 Å². The lowest BCUT2D eigenvalue weighted by molar-refractivity contribution is 0.0564. The van der Waals surface area contributed by atoms with Crippen LogP contribution >= 0.6 is 0 Å². The first-order chi connectivity index (χ1) is 12.2. The number of carbonyl (C=O) groups is 1. The van der Waals surface area contributed by atoms with Crippen LogP contribution < -0.4 is 4.72 Å². The van der Waals surface area contributed by atoms with Gasteiger partial charge in [0.05, 0.1) is 23.2 Å². The molecule has 0 bridgehead atoms. The molecule has 6 nitrogen and oxygen atoms in total. The number of esters is 1. The van der Waals surface area contributed by atoms with E-state index in [2.05, 4.69) is 9.46 Å². The lowest BCUT2D eigenvalue weighted by Gasteiger charge is -2.23. The highest BCUT2D eigenvalue weighted by atomic mass is 32.2. The number of carbonyl (C=O) groups excluding carboxylic acids is 1. The van der Waals surface area contributed by atoms with Gasteiger partial charge in [-0.25, -0.2) is 17.9 Å². The molecule has 2 rings (SSSR count). The van der Waals surface area contributed by atoms with Gasteiger partial charge in [0.15, 0.2) is 0 Å². The van der Waals surface area contributed by atoms with Crippen molar-refractivity contribution in [1.29, 1.82) is 0 Å². The summed E-state index contributed by atoms with van der Waals surface area (Å²) in [4.78, 5) is 11.4. The number of hydrogen-bond donors (Lipinski definition) is 2. The Morgan fingerprint density at radius 3 is 2.31 bits per heavy atom. The Morgan fingerprint density at radius 1 is 1.12 bits per heavy atom. The topological polar surface area (TPSA) is 92.7 Å². The van der Waals surface area contributed by atoms with E-state index in [1.165, 1.54) is 31.4 Å². The average Bonchev–Trinajstić information content (AvgIpc) is 2.65. The Balaban J connectivity index is 1.96. The summed E-state index contributed by atoms with van der Waals surface area (Å²) in [5.41, 5.74) is 0.157. The van der Waals surface area contributed by atoms with Crippen LogP contribution in [0.2, 0.25) is 0 Å². The Labute approximate surface area is 153 Å². The second kappa shape index (κ2) is 8.44. The van der Waals surface area contributed by atoms with Crippen molar-refractivity contribution in [3.05, 3.63) is 65.7 Å². The van der Waals surface area contributed by atoms with Gasteiger partial charge in [-0.15, -0.1) is 0 Å². The first-order valence-corrected chi connectivity index (χ1v) is 9.66. The largest absolute Gasteiger partial charge is 0.465 e. The summed E-state index contributed by atoms with van der Waals surface area (Å²) < 4.78 is 31.7. The van der Waals surface area contributed by atoms with Crippen molar-refractivity contribution >= 4 is 16.0 Å². The van der Waals surface area contributed by atoms with Crippen molar-refractivity contribution in [3.63, 3.8) is 0 Å². The number of aliphatic hydroxyl groups is 1. The van der Waals surface area contributed by atoms with Crippen molar-refractivity contribution in [2.45, 2.75) is 30.3 Å². The first kappa shape index (κ1) is 20.1. The van der Waals surface area contributed by atoms with Crippen molar-refractivity contribution < 1.29 is 23.1 Å². The minimum atomic E-state index is -3.79. The maximum atomic E-state index is 12.4. The second-order valence-electron chi connectivity index (χ2n) is 6.32. The Kier molecular flexibility index (Phi) is 6.52. The maximum Gasteiger partial charge on any atom is 0.337 e. The predicted octanol–water partition coefficient (Wildman–Crippen LogP) is 2.14. The van der Waals surface area contributed by atoms with Crippen LogP contribution in [0.5, 0.6) is 0 Å². The number of rotatable bonds is 8. The summed E-state index contributed by atoms with van der Waals surface area (Å²) in [6.45, 7) is 1.49. The Hall–Kier alpha value is -2.22. The number of methoxy groups -OCH3 is 1. The number of sulfonamides is 1. The van der Waals surface area contributed by atoms with Crippen molar-refractivity contribution in [2.24, 2.45) is 0 Å². The van der Waals surface area contributed by atoms with E-state index < -0.39 is 21.6 Å². The molecule has 0 saturated carbocycles. The average molecular weight is 377 g/mol. The molecule has 26 heavy (non-hydrogen) atoms. The van der Waals surface area contributed by atoms with Gasteiger partial charge in [-0.2, -0.15) is 0 Å². The van der Waals surface area contributed by atoms with Crippen molar-refractivity contribution in [3.8, 4) is 0 Å². The standard InChI is InChI=1S/C19H23NO5S/c1-19(22,13-12-15-6-4-3-5-7-15)14-20-26(23,24)17-10-8-16(9-11-17)18(21)25-2/h3-11,20,22H,12-14H2,1-2H3/t19-/m1/s1. The summed E-state index contributed by atoms with van der Waals surface area (Å²) in [6, 6.07) is 15.1. The summed E-state index contributed by atoms with van der Waals surface area (Å²) in [5.74, 6) is -0.536. The third kappa shape index (κ3) is 5.66. The number of aryl methyl sites for hydroxylation is 1. The number of nitrogens with one attached hydrogen (secondary N) is 1. The zero-order valence-corrected chi connectivity index (χ0v) is 15.6. The molecular weight excluding hydrogens is 354 g/mol. The molecule has 0 saturated heterocycles. The van der Waals surface area contributed by atoms with Crippen LogP contribution in [0.25, 0.3) is 0 Å². The molecule has 0 heterocycles. The van der Waals surface area contributed by atoms with Crippen molar-refractivity contribution in [2.75, 3.05) is 13.7 Å². The Morgan fingerprint density at radius 2 is 1.73 bits per heavy atom. The third-order valence-electron chi connectivity index (χ3n) is 4.02. The van der Waals surface area contributed by atoms with Gasteiger partial charge in [0, 0.05) is 6.54 Å². The van der Waals surface area contributed by atoms with E-state index in [0.29, 0.717) is 12.8 Å². The third-order valence-corrected chi connectivity index (χ3v) is 5.44. The van der Waals surface area contributed by atoms with E-state index in [-0.39, 0.29) is 17.0 Å². The van der Waals surface area contributed by atoms with Gasteiger partial charge in [0.2, 0.25) is 10.0 Å². The van der Waals surface area contributed by atoms with Gasteiger partial charge in [-0.05, 0) is 49.6 Å². The summed E-state index contributed by atoms with van der Waals surface area (Å²) in [6.07, 6.45) is 1.06. The van der Waals surface area contributed by atoms with Crippen LogP contribution in [0.4, 0.5) is 0 Å². The molecule has 0 aliphatic rings. The highest BCUT2D eigenvalue weighted by Gasteiger charge is 2.24. The lowest BCUT2D eigenvalue weighted by Crippen LogP contribution is -2.40. The first-order valence-electron chi connectivity index (χ1n) is 8.18. The molecule has 2 N–H and O–H groups in total. The molecular formula is C19H23NO5S. The molecule has 0 unspecified atom stereocenters. The number of hydrogen-bond acceptors (Lipinski definition) is 5.